The maximum absolute atomic E-state index is 12.6. The van der Waals surface area contributed by atoms with E-state index in [4.69, 9.17) is 39.5 Å². The van der Waals surface area contributed by atoms with E-state index in [9.17, 15) is 14.4 Å². The fourth-order valence-corrected chi connectivity index (χ4v) is 4.93. The Morgan fingerprint density at radius 1 is 1.41 bits per heavy atom. The largest absolute Gasteiger partial charge is 0.456 e. The number of carbonyl (C=O) groups excluding carboxylic acids is 3. The number of ether oxygens (including phenoxy) is 1. The van der Waals surface area contributed by atoms with E-state index >= 15 is 0 Å². The summed E-state index contributed by atoms with van der Waals surface area (Å²) in [4.78, 5) is 39.4. The second-order valence-corrected chi connectivity index (χ2v) is 10.7. The van der Waals surface area contributed by atoms with Gasteiger partial charge in [0.05, 0.1) is 6.42 Å². The molecule has 3 heterocycles. The zero-order chi connectivity index (χ0) is 19.8. The van der Waals surface area contributed by atoms with Crippen molar-refractivity contribution in [2.24, 2.45) is 0 Å². The second-order valence-electron chi connectivity index (χ2n) is 6.03. The minimum Gasteiger partial charge on any atom is -0.456 e. The second kappa shape index (κ2) is 8.21. The van der Waals surface area contributed by atoms with Crippen molar-refractivity contribution in [2.45, 2.75) is 28.6 Å². The van der Waals surface area contributed by atoms with E-state index in [0.29, 0.717) is 11.3 Å². The van der Waals surface area contributed by atoms with E-state index in [0.717, 1.165) is 4.88 Å². The lowest BCUT2D eigenvalue weighted by Gasteiger charge is -2.49. The molecule has 27 heavy (non-hydrogen) atoms. The predicted octanol–water partition coefficient (Wildman–Crippen LogP) is 2.88. The number of nitrogens with one attached hydrogen (secondary N) is 1. The number of rotatable bonds is 5. The molecule has 2 aliphatic heterocycles. The molecule has 0 saturated carbocycles. The van der Waals surface area contributed by atoms with Crippen molar-refractivity contribution >= 4 is 75.7 Å². The first-order valence-corrected chi connectivity index (χ1v) is 10.9. The molecule has 0 aromatic carbocycles. The number of fused-ring (bicyclic) bond motifs is 1. The van der Waals surface area contributed by atoms with Gasteiger partial charge in [-0.2, -0.15) is 0 Å². The van der Waals surface area contributed by atoms with Crippen molar-refractivity contribution in [3.05, 3.63) is 33.7 Å². The van der Waals surface area contributed by atoms with Gasteiger partial charge in [0.1, 0.15) is 23.7 Å². The summed E-state index contributed by atoms with van der Waals surface area (Å²) >= 11 is 19.8. The van der Waals surface area contributed by atoms with Gasteiger partial charge in [0.15, 0.2) is 0 Å². The van der Waals surface area contributed by atoms with Crippen LogP contribution in [0.5, 0.6) is 0 Å². The zero-order valence-corrected chi connectivity index (χ0v) is 17.9. The van der Waals surface area contributed by atoms with Crippen LogP contribution in [-0.4, -0.2) is 50.3 Å². The highest BCUT2D eigenvalue weighted by Crippen LogP contribution is 2.40. The van der Waals surface area contributed by atoms with Crippen molar-refractivity contribution in [1.29, 1.82) is 0 Å². The molecular formula is C16H15Cl3N2O4S2. The zero-order valence-electron chi connectivity index (χ0n) is 14.0. The molecule has 2 atom stereocenters. The molecule has 3 rings (SSSR count). The molecule has 1 N–H and O–H groups in total. The summed E-state index contributed by atoms with van der Waals surface area (Å²) in [5.41, 5.74) is 0.851. The van der Waals surface area contributed by atoms with Gasteiger partial charge in [0, 0.05) is 10.6 Å². The molecule has 2 aliphatic rings. The molecule has 0 aliphatic carbocycles. The molecule has 1 saturated heterocycles. The van der Waals surface area contributed by atoms with E-state index in [-0.39, 0.29) is 29.3 Å². The summed E-state index contributed by atoms with van der Waals surface area (Å²) in [5, 5.41) is 4.28. The Labute approximate surface area is 179 Å². The maximum atomic E-state index is 12.6. The molecule has 6 nitrogen and oxygen atoms in total. The summed E-state index contributed by atoms with van der Waals surface area (Å²) in [6, 6.07) is 3.05. The average Bonchev–Trinajstić information content (AvgIpc) is 3.09. The van der Waals surface area contributed by atoms with Crippen molar-refractivity contribution in [1.82, 2.24) is 10.2 Å². The topological polar surface area (TPSA) is 75.7 Å². The fraction of sp³-hybridized carbons (Fsp3) is 0.438. The lowest BCUT2D eigenvalue weighted by Crippen LogP contribution is -2.70. The molecule has 1 fully saturated rings. The molecule has 1 aromatic rings. The highest BCUT2D eigenvalue weighted by Gasteiger charge is 2.54. The van der Waals surface area contributed by atoms with E-state index in [1.807, 2.05) is 17.5 Å². The first-order chi connectivity index (χ1) is 12.7. The van der Waals surface area contributed by atoms with Crippen molar-refractivity contribution < 1.29 is 19.1 Å². The van der Waals surface area contributed by atoms with Gasteiger partial charge in [-0.25, -0.2) is 4.79 Å². The molecule has 2 amide bonds. The smallest absolute Gasteiger partial charge is 0.355 e. The Hall–Kier alpha value is -0.930. The molecule has 0 spiro atoms. The van der Waals surface area contributed by atoms with Gasteiger partial charge in [-0.3, -0.25) is 14.5 Å². The van der Waals surface area contributed by atoms with Crippen LogP contribution in [0.25, 0.3) is 0 Å². The summed E-state index contributed by atoms with van der Waals surface area (Å²) in [7, 11) is 0. The van der Waals surface area contributed by atoms with Crippen molar-refractivity contribution in [3.8, 4) is 0 Å². The molecule has 1 unspecified atom stereocenters. The number of carbonyl (C=O) groups is 3. The molecule has 11 heteroatoms. The van der Waals surface area contributed by atoms with Crippen LogP contribution in [0.15, 0.2) is 28.8 Å². The summed E-state index contributed by atoms with van der Waals surface area (Å²) in [6.45, 7) is 1.32. The fourth-order valence-electron chi connectivity index (χ4n) is 2.77. The molecular weight excluding hydrogens is 455 g/mol. The van der Waals surface area contributed by atoms with Gasteiger partial charge < -0.3 is 10.1 Å². The van der Waals surface area contributed by atoms with Crippen LogP contribution < -0.4 is 5.32 Å². The summed E-state index contributed by atoms with van der Waals surface area (Å²) < 4.78 is 3.29. The Bertz CT molecular complexity index is 792. The summed E-state index contributed by atoms with van der Waals surface area (Å²) in [6.07, 6.45) is 0.214. The first kappa shape index (κ1) is 20.8. The molecule has 1 aromatic heterocycles. The summed E-state index contributed by atoms with van der Waals surface area (Å²) in [5.74, 6) is -0.778. The number of alkyl halides is 3. The van der Waals surface area contributed by atoms with Crippen LogP contribution in [0.2, 0.25) is 0 Å². The van der Waals surface area contributed by atoms with Gasteiger partial charge >= 0.3 is 5.97 Å². The quantitative estimate of drug-likeness (QED) is 0.408. The number of amides is 2. The average molecular weight is 470 g/mol. The van der Waals surface area contributed by atoms with Crippen LogP contribution in [0, 0.1) is 0 Å². The van der Waals surface area contributed by atoms with Crippen molar-refractivity contribution in [2.75, 3.05) is 12.4 Å². The number of esters is 1. The normalized spacial score (nSPS) is 22.2. The molecule has 0 radical (unpaired) electrons. The third-order valence-electron chi connectivity index (χ3n) is 3.95. The number of β-lactam (4-membered cyclic amide) rings is 1. The van der Waals surface area contributed by atoms with Crippen LogP contribution in [-0.2, 0) is 25.5 Å². The number of thioether (sulfide) groups is 1. The Balaban J connectivity index is 1.65. The standard InChI is InChI=1S/C16H15Cl3N2O4S2/c1-8-6-27-14-11(20-10(22)5-9-3-2-4-26-9)13(23)21(14)12(8)15(24)25-7-16(17,18)19/h2-4,11,14H,5-7H2,1H3,(H,20,22)/t11?,14-/m1/s1. The van der Waals surface area contributed by atoms with Gasteiger partial charge in [0.25, 0.3) is 5.91 Å². The Morgan fingerprint density at radius 3 is 2.78 bits per heavy atom. The van der Waals surface area contributed by atoms with Crippen LogP contribution >= 0.6 is 57.9 Å². The van der Waals surface area contributed by atoms with Gasteiger partial charge in [-0.05, 0) is 23.9 Å². The lowest BCUT2D eigenvalue weighted by molar-refractivity contribution is -0.152. The number of halogens is 3. The van der Waals surface area contributed by atoms with E-state index in [1.54, 1.807) is 6.92 Å². The molecule has 146 valence electrons. The van der Waals surface area contributed by atoms with E-state index in [1.165, 1.54) is 28.0 Å². The van der Waals surface area contributed by atoms with Crippen LogP contribution in [0.4, 0.5) is 0 Å². The van der Waals surface area contributed by atoms with Crippen molar-refractivity contribution in [3.63, 3.8) is 0 Å². The number of thiophene rings is 1. The number of hydrogen-bond acceptors (Lipinski definition) is 6. The number of hydrogen-bond donors (Lipinski definition) is 1. The van der Waals surface area contributed by atoms with Gasteiger partial charge in [-0.15, -0.1) is 23.1 Å². The van der Waals surface area contributed by atoms with Crippen LogP contribution in [0.3, 0.4) is 0 Å². The molecule has 0 bridgehead atoms. The first-order valence-electron chi connectivity index (χ1n) is 7.87. The van der Waals surface area contributed by atoms with Gasteiger partial charge in [0.2, 0.25) is 9.70 Å². The third-order valence-corrected chi connectivity index (χ3v) is 6.58. The van der Waals surface area contributed by atoms with E-state index in [2.05, 4.69) is 5.32 Å². The minimum atomic E-state index is -1.73. The Kier molecular flexibility index (Phi) is 6.32. The van der Waals surface area contributed by atoms with Crippen LogP contribution in [0.1, 0.15) is 11.8 Å². The highest BCUT2D eigenvalue weighted by atomic mass is 35.6. The highest BCUT2D eigenvalue weighted by molar-refractivity contribution is 8.00. The van der Waals surface area contributed by atoms with E-state index < -0.39 is 22.4 Å². The Morgan fingerprint density at radius 2 is 2.15 bits per heavy atom. The maximum Gasteiger partial charge on any atom is 0.355 e. The number of nitrogens with zero attached hydrogens (tertiary/aromatic N) is 1. The minimum absolute atomic E-state index is 0.154. The van der Waals surface area contributed by atoms with Gasteiger partial charge in [-0.1, -0.05) is 40.9 Å². The monoisotopic (exact) mass is 468 g/mol. The SMILES string of the molecule is CC1=C(C(=O)OCC(Cl)(Cl)Cl)N2C(=O)C(NC(=O)Cc3cccs3)[C@H]2SC1. The third kappa shape index (κ3) is 4.74. The predicted molar refractivity (Wildman–Crippen MR) is 107 cm³/mol. The lowest BCUT2D eigenvalue weighted by atomic mass is 10.0.